The quantitative estimate of drug-likeness (QED) is 0.545. The van der Waals surface area contributed by atoms with Crippen LogP contribution in [-0.2, 0) is 32.1 Å². The number of hydrogen-bond acceptors (Lipinski definition) is 6. The number of ether oxygens (including phenoxy) is 2. The topological polar surface area (TPSA) is 98.9 Å². The van der Waals surface area contributed by atoms with E-state index in [2.05, 4.69) is 0 Å². The molecule has 0 spiro atoms. The van der Waals surface area contributed by atoms with E-state index in [-0.39, 0.29) is 13.0 Å². The van der Waals surface area contributed by atoms with Crippen LogP contribution in [0.3, 0.4) is 0 Å². The lowest BCUT2D eigenvalue weighted by Crippen LogP contribution is -2.58. The molecule has 6 heteroatoms. The summed E-state index contributed by atoms with van der Waals surface area (Å²) < 4.78 is 10.3. The maximum Gasteiger partial charge on any atom is 0.354 e. The van der Waals surface area contributed by atoms with E-state index in [9.17, 15) is 14.7 Å². The molecule has 0 amide bonds. The third-order valence-electron chi connectivity index (χ3n) is 3.99. The van der Waals surface area contributed by atoms with Crippen molar-refractivity contribution >= 4 is 11.9 Å². The fourth-order valence-electron chi connectivity index (χ4n) is 2.55. The van der Waals surface area contributed by atoms with Crippen molar-refractivity contribution in [2.75, 3.05) is 0 Å². The Bertz CT molecular complexity index is 744. The van der Waals surface area contributed by atoms with Crippen LogP contribution >= 0.6 is 0 Å². The van der Waals surface area contributed by atoms with Gasteiger partial charge in [0.05, 0.1) is 6.10 Å². The molecule has 2 atom stereocenters. The van der Waals surface area contributed by atoms with Crippen molar-refractivity contribution in [3.63, 3.8) is 0 Å². The molecule has 27 heavy (non-hydrogen) atoms. The third-order valence-corrected chi connectivity index (χ3v) is 3.99. The maximum absolute atomic E-state index is 12.7. The number of nitrogens with two attached hydrogens (primary N) is 1. The number of aliphatic hydroxyl groups is 1. The summed E-state index contributed by atoms with van der Waals surface area (Å²) in [4.78, 5) is 25.0. The normalized spacial score (nSPS) is 14.3. The van der Waals surface area contributed by atoms with Gasteiger partial charge in [-0.15, -0.1) is 0 Å². The van der Waals surface area contributed by atoms with Crippen molar-refractivity contribution in [1.29, 1.82) is 0 Å². The van der Waals surface area contributed by atoms with Gasteiger partial charge in [-0.2, -0.15) is 0 Å². The molecule has 0 aliphatic carbocycles. The van der Waals surface area contributed by atoms with E-state index in [1.165, 1.54) is 0 Å². The summed E-state index contributed by atoms with van der Waals surface area (Å²) in [7, 11) is 0. The van der Waals surface area contributed by atoms with Crippen LogP contribution in [0.1, 0.15) is 25.0 Å². The minimum atomic E-state index is -2.51. The zero-order chi connectivity index (χ0) is 19.9. The van der Waals surface area contributed by atoms with Gasteiger partial charge < -0.3 is 14.6 Å². The Morgan fingerprint density at radius 2 is 1.52 bits per heavy atom. The first-order valence-electron chi connectivity index (χ1n) is 8.77. The van der Waals surface area contributed by atoms with Crippen LogP contribution in [0, 0.1) is 5.92 Å². The maximum atomic E-state index is 12.7. The molecule has 0 fully saturated rings. The Kier molecular flexibility index (Phi) is 7.10. The number of esters is 2. The van der Waals surface area contributed by atoms with Gasteiger partial charge >= 0.3 is 11.9 Å². The van der Waals surface area contributed by atoms with Crippen molar-refractivity contribution in [3.8, 4) is 0 Å². The predicted molar refractivity (Wildman–Crippen MR) is 100 cm³/mol. The number of rotatable bonds is 8. The minimum absolute atomic E-state index is 0.0142. The Morgan fingerprint density at radius 3 is 2.04 bits per heavy atom. The first-order chi connectivity index (χ1) is 12.8. The zero-order valence-electron chi connectivity index (χ0n) is 15.5. The van der Waals surface area contributed by atoms with Crippen LogP contribution in [-0.4, -0.2) is 28.9 Å². The van der Waals surface area contributed by atoms with Crippen LogP contribution in [0.2, 0.25) is 0 Å². The van der Waals surface area contributed by atoms with E-state index in [4.69, 9.17) is 15.2 Å². The van der Waals surface area contributed by atoms with Crippen LogP contribution < -0.4 is 5.73 Å². The fourth-order valence-corrected chi connectivity index (χ4v) is 2.55. The number of hydrogen-bond donors (Lipinski definition) is 2. The van der Waals surface area contributed by atoms with Crippen LogP contribution in [0.25, 0.3) is 0 Å². The van der Waals surface area contributed by atoms with Gasteiger partial charge in [0.2, 0.25) is 5.72 Å². The van der Waals surface area contributed by atoms with E-state index in [1.54, 1.807) is 50.2 Å². The monoisotopic (exact) mass is 371 g/mol. The van der Waals surface area contributed by atoms with Gasteiger partial charge in [0.25, 0.3) is 0 Å². The van der Waals surface area contributed by atoms with Crippen molar-refractivity contribution in [3.05, 3.63) is 71.8 Å². The van der Waals surface area contributed by atoms with Crippen molar-refractivity contribution in [2.24, 2.45) is 11.7 Å². The van der Waals surface area contributed by atoms with E-state index in [0.717, 1.165) is 11.1 Å². The average molecular weight is 371 g/mol. The van der Waals surface area contributed by atoms with E-state index in [0.29, 0.717) is 0 Å². The Hall–Kier alpha value is -2.70. The second kappa shape index (κ2) is 9.30. The molecule has 2 rings (SSSR count). The van der Waals surface area contributed by atoms with E-state index >= 15 is 0 Å². The van der Waals surface area contributed by atoms with Crippen molar-refractivity contribution in [1.82, 2.24) is 0 Å². The highest BCUT2D eigenvalue weighted by Gasteiger charge is 2.47. The molecule has 3 N–H and O–H groups in total. The molecule has 2 aromatic rings. The first kappa shape index (κ1) is 20.6. The smallest absolute Gasteiger partial charge is 0.354 e. The Morgan fingerprint density at radius 1 is 1.00 bits per heavy atom. The van der Waals surface area contributed by atoms with Crippen LogP contribution in [0.5, 0.6) is 0 Å². The van der Waals surface area contributed by atoms with Crippen molar-refractivity contribution in [2.45, 2.75) is 38.7 Å². The van der Waals surface area contributed by atoms with Gasteiger partial charge in [-0.1, -0.05) is 60.7 Å². The lowest BCUT2D eigenvalue weighted by molar-refractivity contribution is -0.184. The summed E-state index contributed by atoms with van der Waals surface area (Å²) in [6.45, 7) is 3.28. The van der Waals surface area contributed by atoms with Gasteiger partial charge in [0.15, 0.2) is 0 Å². The summed E-state index contributed by atoms with van der Waals surface area (Å²) >= 11 is 0. The molecule has 0 aliphatic rings. The molecule has 0 bridgehead atoms. The summed E-state index contributed by atoms with van der Waals surface area (Å²) in [6, 6.07) is 18.1. The van der Waals surface area contributed by atoms with E-state index in [1.807, 2.05) is 24.3 Å². The largest absolute Gasteiger partial charge is 0.460 e. The Balaban J connectivity index is 2.20. The summed E-state index contributed by atoms with van der Waals surface area (Å²) in [5, 5.41) is 10.6. The molecule has 6 nitrogen and oxygen atoms in total. The zero-order valence-corrected chi connectivity index (χ0v) is 15.5. The van der Waals surface area contributed by atoms with Gasteiger partial charge in [-0.05, 0) is 31.4 Å². The van der Waals surface area contributed by atoms with E-state index < -0.39 is 29.7 Å². The summed E-state index contributed by atoms with van der Waals surface area (Å²) in [5.41, 5.74) is 4.87. The highest BCUT2D eigenvalue weighted by Crippen LogP contribution is 2.22. The lowest BCUT2D eigenvalue weighted by Gasteiger charge is -2.29. The fraction of sp³-hybridized carbons (Fsp3) is 0.333. The SMILES string of the molecule is CC(C)OC(=O)C(N)(O)[C@H](Cc1ccccc1)C(=O)OCc1ccccc1. The summed E-state index contributed by atoms with van der Waals surface area (Å²) in [6.07, 6.45) is -0.445. The number of benzene rings is 2. The highest BCUT2D eigenvalue weighted by molar-refractivity contribution is 5.87. The van der Waals surface area contributed by atoms with Gasteiger partial charge in [0, 0.05) is 0 Å². The number of carbonyl (C=O) groups is 2. The second-order valence-corrected chi connectivity index (χ2v) is 6.62. The highest BCUT2D eigenvalue weighted by atomic mass is 16.6. The molecule has 0 heterocycles. The van der Waals surface area contributed by atoms with Crippen molar-refractivity contribution < 1.29 is 24.2 Å². The molecule has 144 valence electrons. The van der Waals surface area contributed by atoms with Crippen LogP contribution in [0.4, 0.5) is 0 Å². The van der Waals surface area contributed by atoms with Gasteiger partial charge in [0.1, 0.15) is 12.5 Å². The molecular weight excluding hydrogens is 346 g/mol. The standard InChI is InChI=1S/C21H25NO5/c1-15(2)27-20(24)21(22,25)18(13-16-9-5-3-6-10-16)19(23)26-14-17-11-7-4-8-12-17/h3-12,15,18,25H,13-14,22H2,1-2H3/t18-,21?/m1/s1. The molecule has 0 saturated heterocycles. The van der Waals surface area contributed by atoms with Gasteiger partial charge in [-0.3, -0.25) is 10.5 Å². The predicted octanol–water partition coefficient (Wildman–Crippen LogP) is 2.19. The molecule has 1 unspecified atom stereocenters. The Labute approximate surface area is 158 Å². The molecular formula is C21H25NO5. The molecule has 0 saturated carbocycles. The molecule has 0 aromatic heterocycles. The molecule has 0 radical (unpaired) electrons. The molecule has 2 aromatic carbocycles. The number of carbonyl (C=O) groups excluding carboxylic acids is 2. The van der Waals surface area contributed by atoms with Crippen LogP contribution in [0.15, 0.2) is 60.7 Å². The average Bonchev–Trinajstić information content (AvgIpc) is 2.65. The molecule has 0 aliphatic heterocycles. The first-order valence-corrected chi connectivity index (χ1v) is 8.77. The van der Waals surface area contributed by atoms with Gasteiger partial charge in [-0.25, -0.2) is 4.79 Å². The lowest BCUT2D eigenvalue weighted by atomic mass is 9.89. The summed E-state index contributed by atoms with van der Waals surface area (Å²) in [5.74, 6) is -3.14. The second-order valence-electron chi connectivity index (χ2n) is 6.62. The third kappa shape index (κ3) is 5.91. The minimum Gasteiger partial charge on any atom is -0.460 e.